The van der Waals surface area contributed by atoms with Crippen LogP contribution in [0, 0.1) is 10.7 Å². The number of halogens is 1. The Bertz CT molecular complexity index is 112. The summed E-state index contributed by atoms with van der Waals surface area (Å²) >= 11 is 0.660. The van der Waals surface area contributed by atoms with Crippen LogP contribution in [0.25, 0.3) is 0 Å². The highest BCUT2D eigenvalue weighted by Gasteiger charge is 1.74. The summed E-state index contributed by atoms with van der Waals surface area (Å²) in [4.78, 5) is 0. The Morgan fingerprint density at radius 1 is 1.62 bits per heavy atom. The molecule has 0 heterocycles. The van der Waals surface area contributed by atoms with Gasteiger partial charge < -0.3 is 11.5 Å². The lowest BCUT2D eigenvalue weighted by Gasteiger charge is -1.79. The second-order valence-corrected chi connectivity index (χ2v) is 1.25. The molecule has 0 rings (SSSR count). The topological polar surface area (TPSA) is 88.2 Å². The Morgan fingerprint density at radius 3 is 2.25 bits per heavy atom. The van der Waals surface area contributed by atoms with E-state index in [1.165, 1.54) is 0 Å². The molecule has 0 aromatic carbocycles. The summed E-state index contributed by atoms with van der Waals surface area (Å²) in [7, 11) is 0. The molecule has 6 heteroatoms. The Morgan fingerprint density at radius 2 is 2.12 bits per heavy atom. The maximum atomic E-state index is 7.81. The predicted octanol–water partition coefficient (Wildman–Crippen LogP) is -0.189. The van der Waals surface area contributed by atoms with Gasteiger partial charge in [0.2, 0.25) is 0 Å². The van der Waals surface area contributed by atoms with Crippen LogP contribution in [0.5, 0.6) is 0 Å². The van der Waals surface area contributed by atoms with Crippen LogP contribution in [0.2, 0.25) is 0 Å². The number of hydrogen-bond donors (Lipinski definition) is 2. The summed E-state index contributed by atoms with van der Waals surface area (Å²) in [5, 5.41) is 9.48. The van der Waals surface area contributed by atoms with Crippen molar-refractivity contribution >= 4 is 30.3 Å². The molecule has 4 nitrogen and oxygen atoms in total. The zero-order valence-corrected chi connectivity index (χ0v) is 5.50. The first-order chi connectivity index (χ1) is 3.27. The lowest BCUT2D eigenvalue weighted by atomic mass is 11.1. The Balaban J connectivity index is 0. The van der Waals surface area contributed by atoms with Crippen molar-refractivity contribution in [1.82, 2.24) is 0 Å². The van der Waals surface area contributed by atoms with Crippen molar-refractivity contribution in [3.63, 3.8) is 0 Å². The van der Waals surface area contributed by atoms with Gasteiger partial charge in [-0.3, -0.25) is 0 Å². The maximum absolute atomic E-state index is 7.81. The SMILES string of the molecule is Cl.N#CSN=C(N)N. The van der Waals surface area contributed by atoms with Gasteiger partial charge in [-0.15, -0.1) is 12.4 Å². The summed E-state index contributed by atoms with van der Waals surface area (Å²) in [5.41, 5.74) is 9.67. The fourth-order valence-corrected chi connectivity index (χ4v) is 0.219. The van der Waals surface area contributed by atoms with Crippen molar-refractivity contribution in [3.05, 3.63) is 0 Å². The van der Waals surface area contributed by atoms with Crippen molar-refractivity contribution in [2.24, 2.45) is 15.9 Å². The monoisotopic (exact) mass is 152 g/mol. The second-order valence-electron chi connectivity index (χ2n) is 0.699. The molecule has 0 bridgehead atoms. The first-order valence-electron chi connectivity index (χ1n) is 1.41. The molecule has 0 fully saturated rings. The van der Waals surface area contributed by atoms with Crippen LogP contribution in [0.15, 0.2) is 4.40 Å². The molecule has 0 aromatic heterocycles. The van der Waals surface area contributed by atoms with E-state index in [-0.39, 0.29) is 18.4 Å². The van der Waals surface area contributed by atoms with Crippen LogP contribution < -0.4 is 11.5 Å². The van der Waals surface area contributed by atoms with E-state index in [1.807, 2.05) is 0 Å². The number of rotatable bonds is 1. The van der Waals surface area contributed by atoms with E-state index < -0.39 is 0 Å². The molecule has 0 saturated heterocycles. The Kier molecular flexibility index (Phi) is 8.32. The third-order valence-corrected chi connectivity index (χ3v) is 0.576. The standard InChI is InChI=1S/C2H4N4S.ClH/c3-1-7-6-2(4)5;/h(H4,4,5,6);1H. The van der Waals surface area contributed by atoms with Gasteiger partial charge >= 0.3 is 0 Å². The van der Waals surface area contributed by atoms with Crippen LogP contribution in [0.3, 0.4) is 0 Å². The summed E-state index contributed by atoms with van der Waals surface area (Å²) in [6.45, 7) is 0. The molecule has 0 amide bonds. The van der Waals surface area contributed by atoms with Crippen LogP contribution in [0.4, 0.5) is 0 Å². The summed E-state index contributed by atoms with van der Waals surface area (Å²) in [6.07, 6.45) is 0. The molecule has 0 unspecified atom stereocenters. The minimum atomic E-state index is -0.0773. The van der Waals surface area contributed by atoms with E-state index in [1.54, 1.807) is 5.40 Å². The van der Waals surface area contributed by atoms with Crippen molar-refractivity contribution in [2.75, 3.05) is 0 Å². The molecule has 8 heavy (non-hydrogen) atoms. The second kappa shape index (κ2) is 6.40. The maximum Gasteiger partial charge on any atom is 0.198 e. The van der Waals surface area contributed by atoms with Crippen LogP contribution in [-0.4, -0.2) is 5.96 Å². The average molecular weight is 153 g/mol. The van der Waals surface area contributed by atoms with Gasteiger partial charge in [-0.2, -0.15) is 9.66 Å². The van der Waals surface area contributed by atoms with Crippen LogP contribution in [0.1, 0.15) is 0 Å². The van der Waals surface area contributed by atoms with E-state index in [4.69, 9.17) is 16.7 Å². The van der Waals surface area contributed by atoms with E-state index in [9.17, 15) is 0 Å². The van der Waals surface area contributed by atoms with E-state index in [0.717, 1.165) is 0 Å². The predicted molar refractivity (Wildman–Crippen MR) is 36.3 cm³/mol. The highest BCUT2D eigenvalue weighted by molar-refractivity contribution is 8.02. The Labute approximate surface area is 57.5 Å². The summed E-state index contributed by atoms with van der Waals surface area (Å²) in [6, 6.07) is 0. The number of hydrogen-bond acceptors (Lipinski definition) is 3. The van der Waals surface area contributed by atoms with Gasteiger partial charge in [-0.25, -0.2) is 0 Å². The van der Waals surface area contributed by atoms with Gasteiger partial charge in [0.1, 0.15) is 0 Å². The van der Waals surface area contributed by atoms with Gasteiger partial charge in [0.05, 0.1) is 11.9 Å². The van der Waals surface area contributed by atoms with Gasteiger partial charge in [0.15, 0.2) is 11.4 Å². The van der Waals surface area contributed by atoms with Gasteiger partial charge in [0, 0.05) is 0 Å². The highest BCUT2D eigenvalue weighted by atomic mass is 35.5. The Hall–Kier alpha value is -0.600. The average Bonchev–Trinajstić information content (AvgIpc) is 1.61. The van der Waals surface area contributed by atoms with Gasteiger partial charge in [0.25, 0.3) is 0 Å². The molecule has 0 saturated carbocycles. The summed E-state index contributed by atoms with van der Waals surface area (Å²) in [5.74, 6) is -0.0773. The van der Waals surface area contributed by atoms with Crippen LogP contribution >= 0.6 is 24.4 Å². The third-order valence-electron chi connectivity index (χ3n) is 0.192. The van der Waals surface area contributed by atoms with E-state index in [0.29, 0.717) is 11.9 Å². The van der Waals surface area contributed by atoms with Crippen molar-refractivity contribution < 1.29 is 0 Å². The molecule has 46 valence electrons. The largest absolute Gasteiger partial charge is 0.369 e. The lowest BCUT2D eigenvalue weighted by molar-refractivity contribution is 1.53. The minimum absolute atomic E-state index is 0. The van der Waals surface area contributed by atoms with Crippen molar-refractivity contribution in [3.8, 4) is 5.40 Å². The molecule has 0 spiro atoms. The van der Waals surface area contributed by atoms with Crippen LogP contribution in [-0.2, 0) is 0 Å². The fourth-order valence-electron chi connectivity index (χ4n) is 0.0731. The van der Waals surface area contributed by atoms with Gasteiger partial charge in [-0.1, -0.05) is 0 Å². The first-order valence-corrected chi connectivity index (χ1v) is 2.18. The molecule has 0 aliphatic carbocycles. The number of nitrogens with two attached hydrogens (primary N) is 2. The quantitative estimate of drug-likeness (QED) is 0.236. The number of nitriles is 1. The fraction of sp³-hybridized carbons (Fsp3) is 0. The molecule has 4 N–H and O–H groups in total. The number of thiocyanates is 1. The molecular formula is C2H5ClN4S. The summed E-state index contributed by atoms with van der Waals surface area (Å²) < 4.78 is 3.27. The molecule has 0 radical (unpaired) electrons. The van der Waals surface area contributed by atoms with E-state index >= 15 is 0 Å². The lowest BCUT2D eigenvalue weighted by Crippen LogP contribution is -2.21. The molecular weight excluding hydrogens is 148 g/mol. The minimum Gasteiger partial charge on any atom is -0.369 e. The molecule has 0 aliphatic heterocycles. The third kappa shape index (κ3) is 9.04. The van der Waals surface area contributed by atoms with Gasteiger partial charge in [-0.05, 0) is 0 Å². The van der Waals surface area contributed by atoms with Crippen molar-refractivity contribution in [2.45, 2.75) is 0 Å². The zero-order valence-electron chi connectivity index (χ0n) is 3.87. The zero-order chi connectivity index (χ0) is 5.70. The highest BCUT2D eigenvalue weighted by Crippen LogP contribution is 1.93. The van der Waals surface area contributed by atoms with Crippen molar-refractivity contribution in [1.29, 1.82) is 5.26 Å². The molecule has 0 aliphatic rings. The number of nitrogens with zero attached hydrogens (tertiary/aromatic N) is 2. The number of guanidine groups is 1. The van der Waals surface area contributed by atoms with E-state index in [2.05, 4.69) is 4.40 Å². The first kappa shape index (κ1) is 10.4. The normalized spacial score (nSPS) is 5.88. The molecule has 0 atom stereocenters. The smallest absolute Gasteiger partial charge is 0.198 e. The molecule has 0 aromatic rings.